The van der Waals surface area contributed by atoms with Crippen molar-refractivity contribution in [1.29, 1.82) is 0 Å². The molecule has 3 aromatic carbocycles. The minimum absolute atomic E-state index is 0.231. The number of carbonyl (C=O) groups excluding carboxylic acids is 1. The van der Waals surface area contributed by atoms with Gasteiger partial charge in [0.25, 0.3) is 0 Å². The molecular formula is C24H22FN3O3. The molecule has 0 aliphatic carbocycles. The molecule has 0 saturated heterocycles. The largest absolute Gasteiger partial charge is 0.497 e. The van der Waals surface area contributed by atoms with Gasteiger partial charge in [0.15, 0.2) is 0 Å². The summed E-state index contributed by atoms with van der Waals surface area (Å²) in [4.78, 5) is 13.7. The standard InChI is InChI=1S/C24H22FN3O3/c1-28-21-7-5-4-6-20(21)23(27-28)24(29)22(15-8-10-16(25)11-9-15)26-17-12-18(30-2)14-19(13-17)31-3/h4-14,22,26H,1-3H3. The van der Waals surface area contributed by atoms with E-state index in [4.69, 9.17) is 9.47 Å². The molecule has 1 heterocycles. The van der Waals surface area contributed by atoms with Crippen molar-refractivity contribution in [3.05, 3.63) is 83.8 Å². The van der Waals surface area contributed by atoms with E-state index in [-0.39, 0.29) is 11.6 Å². The lowest BCUT2D eigenvalue weighted by atomic mass is 9.98. The van der Waals surface area contributed by atoms with E-state index < -0.39 is 6.04 Å². The zero-order valence-electron chi connectivity index (χ0n) is 17.4. The van der Waals surface area contributed by atoms with Gasteiger partial charge in [0.2, 0.25) is 5.78 Å². The van der Waals surface area contributed by atoms with Gasteiger partial charge in [-0.2, -0.15) is 5.10 Å². The van der Waals surface area contributed by atoms with E-state index in [1.165, 1.54) is 12.1 Å². The zero-order chi connectivity index (χ0) is 22.0. The van der Waals surface area contributed by atoms with Crippen molar-refractivity contribution in [3.8, 4) is 11.5 Å². The molecule has 31 heavy (non-hydrogen) atoms. The van der Waals surface area contributed by atoms with E-state index in [0.29, 0.717) is 28.4 Å². The molecule has 0 amide bonds. The van der Waals surface area contributed by atoms with Crippen LogP contribution in [0.3, 0.4) is 0 Å². The molecular weight excluding hydrogens is 397 g/mol. The molecule has 158 valence electrons. The number of ketones is 1. The second kappa shape index (κ2) is 8.47. The van der Waals surface area contributed by atoms with Gasteiger partial charge >= 0.3 is 0 Å². The molecule has 0 aliphatic heterocycles. The van der Waals surface area contributed by atoms with E-state index in [0.717, 1.165) is 10.9 Å². The molecule has 0 radical (unpaired) electrons. The predicted molar refractivity (Wildman–Crippen MR) is 117 cm³/mol. The maximum atomic E-state index is 13.7. The normalized spacial score (nSPS) is 11.9. The number of aryl methyl sites for hydroxylation is 1. The highest BCUT2D eigenvalue weighted by Gasteiger charge is 2.27. The lowest BCUT2D eigenvalue weighted by molar-refractivity contribution is 0.0965. The lowest BCUT2D eigenvalue weighted by Gasteiger charge is -2.20. The molecule has 0 saturated carbocycles. The van der Waals surface area contributed by atoms with Gasteiger partial charge in [0, 0.05) is 36.3 Å². The first kappa shape index (κ1) is 20.4. The molecule has 1 N–H and O–H groups in total. The Morgan fingerprint density at radius 2 is 1.65 bits per heavy atom. The van der Waals surface area contributed by atoms with Crippen molar-refractivity contribution < 1.29 is 18.7 Å². The summed E-state index contributed by atoms with van der Waals surface area (Å²) in [6, 6.07) is 17.9. The number of fused-ring (bicyclic) bond motifs is 1. The van der Waals surface area contributed by atoms with Crippen molar-refractivity contribution >= 4 is 22.4 Å². The highest BCUT2D eigenvalue weighted by Crippen LogP contribution is 2.31. The average molecular weight is 419 g/mol. The van der Waals surface area contributed by atoms with E-state index in [9.17, 15) is 9.18 Å². The molecule has 4 aromatic rings. The summed E-state index contributed by atoms with van der Waals surface area (Å²) in [5.74, 6) is 0.553. The number of para-hydroxylation sites is 1. The number of carbonyl (C=O) groups is 1. The second-order valence-electron chi connectivity index (χ2n) is 7.08. The second-order valence-corrected chi connectivity index (χ2v) is 7.08. The van der Waals surface area contributed by atoms with Crippen molar-refractivity contribution in [3.63, 3.8) is 0 Å². The number of ether oxygens (including phenoxy) is 2. The third-order valence-electron chi connectivity index (χ3n) is 5.12. The Balaban J connectivity index is 1.80. The van der Waals surface area contributed by atoms with Crippen LogP contribution in [0.25, 0.3) is 10.9 Å². The molecule has 1 atom stereocenters. The summed E-state index contributed by atoms with van der Waals surface area (Å²) in [7, 11) is 4.91. The third kappa shape index (κ3) is 4.07. The third-order valence-corrected chi connectivity index (χ3v) is 5.12. The first-order chi connectivity index (χ1) is 15.0. The first-order valence-electron chi connectivity index (χ1n) is 9.71. The van der Waals surface area contributed by atoms with Gasteiger partial charge in [-0.25, -0.2) is 4.39 Å². The molecule has 0 fully saturated rings. The molecule has 0 bridgehead atoms. The van der Waals surface area contributed by atoms with Crippen LogP contribution < -0.4 is 14.8 Å². The molecule has 0 spiro atoms. The van der Waals surface area contributed by atoms with E-state index in [2.05, 4.69) is 10.4 Å². The van der Waals surface area contributed by atoms with Crippen LogP contribution in [0, 0.1) is 5.82 Å². The number of hydrogen-bond acceptors (Lipinski definition) is 5. The molecule has 4 rings (SSSR count). The van der Waals surface area contributed by atoms with Crippen molar-refractivity contribution in [2.75, 3.05) is 19.5 Å². The van der Waals surface area contributed by atoms with Crippen LogP contribution in [0.2, 0.25) is 0 Å². The Hall–Kier alpha value is -3.87. The van der Waals surface area contributed by atoms with Crippen LogP contribution in [0.1, 0.15) is 22.1 Å². The van der Waals surface area contributed by atoms with Crippen molar-refractivity contribution in [2.45, 2.75) is 6.04 Å². The number of hydrogen-bond donors (Lipinski definition) is 1. The van der Waals surface area contributed by atoms with E-state index >= 15 is 0 Å². The van der Waals surface area contributed by atoms with Gasteiger partial charge in [-0.3, -0.25) is 9.48 Å². The van der Waals surface area contributed by atoms with Crippen LogP contribution in [0.5, 0.6) is 11.5 Å². The predicted octanol–water partition coefficient (Wildman–Crippen LogP) is 4.77. The van der Waals surface area contributed by atoms with Gasteiger partial charge < -0.3 is 14.8 Å². The monoisotopic (exact) mass is 419 g/mol. The summed E-state index contributed by atoms with van der Waals surface area (Å²) in [5.41, 5.74) is 2.43. The fourth-order valence-electron chi connectivity index (χ4n) is 3.55. The van der Waals surface area contributed by atoms with E-state index in [1.807, 2.05) is 24.3 Å². The quantitative estimate of drug-likeness (QED) is 0.437. The van der Waals surface area contributed by atoms with Crippen LogP contribution in [0.4, 0.5) is 10.1 Å². The SMILES string of the molecule is COc1cc(NC(C(=O)c2nn(C)c3ccccc23)c2ccc(F)cc2)cc(OC)c1. The molecule has 1 aromatic heterocycles. The average Bonchev–Trinajstić information content (AvgIpc) is 3.14. The van der Waals surface area contributed by atoms with Gasteiger partial charge in [-0.05, 0) is 23.8 Å². The number of nitrogens with zero attached hydrogens (tertiary/aromatic N) is 2. The van der Waals surface area contributed by atoms with Gasteiger partial charge in [-0.1, -0.05) is 30.3 Å². The zero-order valence-corrected chi connectivity index (χ0v) is 17.4. The van der Waals surface area contributed by atoms with Gasteiger partial charge in [0.1, 0.15) is 29.1 Å². The first-order valence-corrected chi connectivity index (χ1v) is 9.71. The molecule has 7 heteroatoms. The Labute approximate surface area is 179 Å². The van der Waals surface area contributed by atoms with Crippen LogP contribution >= 0.6 is 0 Å². The van der Waals surface area contributed by atoms with E-state index in [1.54, 1.807) is 56.3 Å². The lowest BCUT2D eigenvalue weighted by Crippen LogP contribution is -2.22. The number of anilines is 1. The smallest absolute Gasteiger partial charge is 0.210 e. The fourth-order valence-corrected chi connectivity index (χ4v) is 3.55. The Morgan fingerprint density at radius 3 is 2.29 bits per heavy atom. The number of Topliss-reactive ketones (excluding diaryl/α,β-unsaturated/α-hetero) is 1. The highest BCUT2D eigenvalue weighted by atomic mass is 19.1. The number of benzene rings is 3. The van der Waals surface area contributed by atoms with Crippen molar-refractivity contribution in [1.82, 2.24) is 9.78 Å². The number of aromatic nitrogens is 2. The van der Waals surface area contributed by atoms with Crippen LogP contribution in [-0.2, 0) is 7.05 Å². The number of nitrogens with one attached hydrogen (secondary N) is 1. The number of rotatable bonds is 7. The summed E-state index contributed by atoms with van der Waals surface area (Å²) < 4.78 is 25.9. The molecule has 0 aliphatic rings. The van der Waals surface area contributed by atoms with Gasteiger partial charge in [0.05, 0.1) is 19.7 Å². The Morgan fingerprint density at radius 1 is 1.00 bits per heavy atom. The summed E-state index contributed by atoms with van der Waals surface area (Å²) in [6.07, 6.45) is 0. The topological polar surface area (TPSA) is 65.4 Å². The summed E-state index contributed by atoms with van der Waals surface area (Å²) in [5, 5.41) is 8.48. The number of halogens is 1. The molecule has 6 nitrogen and oxygen atoms in total. The maximum absolute atomic E-state index is 13.7. The van der Waals surface area contributed by atoms with Crippen LogP contribution in [0.15, 0.2) is 66.7 Å². The van der Waals surface area contributed by atoms with Gasteiger partial charge in [-0.15, -0.1) is 0 Å². The fraction of sp³-hybridized carbons (Fsp3) is 0.167. The molecule has 1 unspecified atom stereocenters. The number of methoxy groups -OCH3 is 2. The van der Waals surface area contributed by atoms with Crippen LogP contribution in [-0.4, -0.2) is 29.8 Å². The Kier molecular flexibility index (Phi) is 5.58. The highest BCUT2D eigenvalue weighted by molar-refractivity contribution is 6.09. The summed E-state index contributed by atoms with van der Waals surface area (Å²) >= 11 is 0. The minimum Gasteiger partial charge on any atom is -0.497 e. The summed E-state index contributed by atoms with van der Waals surface area (Å²) in [6.45, 7) is 0. The minimum atomic E-state index is -0.796. The van der Waals surface area contributed by atoms with Crippen molar-refractivity contribution in [2.24, 2.45) is 7.05 Å². The maximum Gasteiger partial charge on any atom is 0.210 e. The Bertz CT molecular complexity index is 1210.